The molecule has 0 aliphatic rings. The summed E-state index contributed by atoms with van der Waals surface area (Å²) in [6, 6.07) is 13.1. The molecule has 0 aliphatic carbocycles. The first-order valence-corrected chi connectivity index (χ1v) is 7.41. The predicted molar refractivity (Wildman–Crippen MR) is 90.5 cm³/mol. The number of ether oxygens (including phenoxy) is 2. The molecule has 0 saturated carbocycles. The Bertz CT molecular complexity index is 687. The van der Waals surface area contributed by atoms with Gasteiger partial charge in [0.05, 0.1) is 13.7 Å². The summed E-state index contributed by atoms with van der Waals surface area (Å²) in [6.45, 7) is 0.669. The zero-order valence-corrected chi connectivity index (χ0v) is 13.3. The molecule has 0 radical (unpaired) electrons. The molecule has 24 heavy (non-hydrogen) atoms. The van der Waals surface area contributed by atoms with Crippen LogP contribution in [0.25, 0.3) is 6.08 Å². The monoisotopic (exact) mass is 330 g/mol. The van der Waals surface area contributed by atoms with Crippen LogP contribution in [0, 0.1) is 5.82 Å². The summed E-state index contributed by atoms with van der Waals surface area (Å²) in [4.78, 5) is 11.6. The van der Waals surface area contributed by atoms with E-state index in [4.69, 9.17) is 9.47 Å². The summed E-state index contributed by atoms with van der Waals surface area (Å²) >= 11 is 0. The van der Waals surface area contributed by atoms with Crippen LogP contribution in [0.1, 0.15) is 5.56 Å². The first kappa shape index (κ1) is 17.3. The molecule has 0 aliphatic heterocycles. The van der Waals surface area contributed by atoms with Gasteiger partial charge in [-0.3, -0.25) is 0 Å². The van der Waals surface area contributed by atoms with Crippen LogP contribution in [-0.4, -0.2) is 26.3 Å². The topological polar surface area (TPSA) is 59.6 Å². The van der Waals surface area contributed by atoms with Gasteiger partial charge in [-0.1, -0.05) is 18.2 Å². The molecule has 0 atom stereocenters. The van der Waals surface area contributed by atoms with Crippen LogP contribution in [0.2, 0.25) is 0 Å². The van der Waals surface area contributed by atoms with Crippen LogP contribution < -0.4 is 20.1 Å². The minimum Gasteiger partial charge on any atom is -0.497 e. The van der Waals surface area contributed by atoms with Crippen molar-refractivity contribution in [2.75, 3.05) is 20.3 Å². The predicted octanol–water partition coefficient (Wildman–Crippen LogP) is 3.18. The number of benzene rings is 2. The van der Waals surface area contributed by atoms with Gasteiger partial charge >= 0.3 is 6.03 Å². The third-order valence-electron chi connectivity index (χ3n) is 3.10. The lowest BCUT2D eigenvalue weighted by molar-refractivity contribution is 0.239. The van der Waals surface area contributed by atoms with Gasteiger partial charge in [0.15, 0.2) is 0 Å². The Morgan fingerprint density at radius 2 is 1.83 bits per heavy atom. The molecule has 5 nitrogen and oxygen atoms in total. The van der Waals surface area contributed by atoms with Crippen molar-refractivity contribution < 1.29 is 18.7 Å². The lowest BCUT2D eigenvalue weighted by Gasteiger charge is -2.08. The van der Waals surface area contributed by atoms with E-state index < -0.39 is 0 Å². The molecule has 2 amide bonds. The van der Waals surface area contributed by atoms with E-state index in [9.17, 15) is 9.18 Å². The van der Waals surface area contributed by atoms with Gasteiger partial charge in [-0.05, 0) is 36.4 Å². The van der Waals surface area contributed by atoms with E-state index in [2.05, 4.69) is 10.6 Å². The number of hydrogen-bond acceptors (Lipinski definition) is 3. The molecule has 0 unspecified atom stereocenters. The molecule has 0 spiro atoms. The number of carbonyl (C=O) groups is 1. The van der Waals surface area contributed by atoms with Gasteiger partial charge in [-0.25, -0.2) is 9.18 Å². The maximum absolute atomic E-state index is 13.4. The highest BCUT2D eigenvalue weighted by Crippen LogP contribution is 2.16. The smallest absolute Gasteiger partial charge is 0.318 e. The number of nitrogens with one attached hydrogen (secondary N) is 2. The fourth-order valence-corrected chi connectivity index (χ4v) is 1.87. The summed E-state index contributed by atoms with van der Waals surface area (Å²) in [5.41, 5.74) is 0.403. The quantitative estimate of drug-likeness (QED) is 0.767. The first-order valence-electron chi connectivity index (χ1n) is 7.41. The van der Waals surface area contributed by atoms with Crippen LogP contribution >= 0.6 is 0 Å². The van der Waals surface area contributed by atoms with Gasteiger partial charge in [-0.15, -0.1) is 0 Å². The third-order valence-corrected chi connectivity index (χ3v) is 3.10. The number of methoxy groups -OCH3 is 1. The van der Waals surface area contributed by atoms with Crippen molar-refractivity contribution in [3.05, 3.63) is 66.1 Å². The second kappa shape index (κ2) is 9.19. The minimum atomic E-state index is -0.388. The Kier molecular flexibility index (Phi) is 6.64. The average molecular weight is 330 g/mol. The number of rotatable bonds is 7. The Hall–Kier alpha value is -3.02. The van der Waals surface area contributed by atoms with Crippen LogP contribution in [0.4, 0.5) is 9.18 Å². The molecule has 2 rings (SSSR count). The Morgan fingerprint density at radius 3 is 2.54 bits per heavy atom. The molecule has 2 N–H and O–H groups in total. The number of halogens is 1. The van der Waals surface area contributed by atoms with E-state index in [0.717, 1.165) is 5.75 Å². The highest BCUT2D eigenvalue weighted by Gasteiger charge is 1.99. The van der Waals surface area contributed by atoms with Crippen molar-refractivity contribution in [3.8, 4) is 11.5 Å². The molecule has 2 aromatic rings. The van der Waals surface area contributed by atoms with Gasteiger partial charge in [0.1, 0.15) is 23.9 Å². The van der Waals surface area contributed by atoms with Gasteiger partial charge in [0.2, 0.25) is 0 Å². The highest BCUT2D eigenvalue weighted by molar-refractivity contribution is 5.75. The Balaban J connectivity index is 1.65. The van der Waals surface area contributed by atoms with Crippen LogP contribution in [0.5, 0.6) is 11.5 Å². The minimum absolute atomic E-state index is 0.330. The summed E-state index contributed by atoms with van der Waals surface area (Å²) in [5.74, 6) is 1.10. The number of carbonyl (C=O) groups excluding carboxylic acids is 1. The zero-order valence-electron chi connectivity index (χ0n) is 13.3. The maximum atomic E-state index is 13.4. The largest absolute Gasteiger partial charge is 0.497 e. The van der Waals surface area contributed by atoms with E-state index in [1.165, 1.54) is 18.3 Å². The lowest BCUT2D eigenvalue weighted by Crippen LogP contribution is -2.34. The zero-order chi connectivity index (χ0) is 17.2. The maximum Gasteiger partial charge on any atom is 0.318 e. The fourth-order valence-electron chi connectivity index (χ4n) is 1.87. The molecule has 0 heterocycles. The van der Waals surface area contributed by atoms with Crippen molar-refractivity contribution in [1.82, 2.24) is 10.6 Å². The van der Waals surface area contributed by atoms with E-state index in [0.29, 0.717) is 24.5 Å². The van der Waals surface area contributed by atoms with Crippen molar-refractivity contribution in [2.45, 2.75) is 0 Å². The molecular formula is C18H19FN2O3. The normalized spacial score (nSPS) is 10.4. The van der Waals surface area contributed by atoms with Gasteiger partial charge in [0, 0.05) is 11.8 Å². The Labute approximate surface area is 140 Å². The van der Waals surface area contributed by atoms with E-state index in [1.807, 2.05) is 0 Å². The number of amides is 2. The van der Waals surface area contributed by atoms with Crippen LogP contribution in [0.3, 0.4) is 0 Å². The summed E-state index contributed by atoms with van der Waals surface area (Å²) in [6.07, 6.45) is 2.88. The van der Waals surface area contributed by atoms with Crippen molar-refractivity contribution in [3.63, 3.8) is 0 Å². The number of hydrogen-bond donors (Lipinski definition) is 2. The van der Waals surface area contributed by atoms with E-state index in [1.54, 1.807) is 49.6 Å². The molecule has 126 valence electrons. The second-order valence-electron chi connectivity index (χ2n) is 4.78. The van der Waals surface area contributed by atoms with Crippen molar-refractivity contribution >= 4 is 12.1 Å². The summed E-state index contributed by atoms with van der Waals surface area (Å²) in [5, 5.41) is 5.13. The summed E-state index contributed by atoms with van der Waals surface area (Å²) < 4.78 is 23.9. The molecule has 0 fully saturated rings. The fraction of sp³-hybridized carbons (Fsp3) is 0.167. The second-order valence-corrected chi connectivity index (χ2v) is 4.78. The van der Waals surface area contributed by atoms with E-state index >= 15 is 0 Å². The molecule has 2 aromatic carbocycles. The first-order chi connectivity index (χ1) is 11.7. The average Bonchev–Trinajstić information content (AvgIpc) is 2.61. The van der Waals surface area contributed by atoms with Crippen LogP contribution in [-0.2, 0) is 0 Å². The third kappa shape index (κ3) is 5.64. The molecular weight excluding hydrogens is 311 g/mol. The lowest BCUT2D eigenvalue weighted by atomic mass is 10.2. The van der Waals surface area contributed by atoms with Gasteiger partial charge < -0.3 is 20.1 Å². The van der Waals surface area contributed by atoms with Gasteiger partial charge in [-0.2, -0.15) is 0 Å². The standard InChI is InChI=1S/C18H19FN2O3/c1-23-15-6-8-16(9-7-15)24-13-12-21-18(22)20-11-10-14-4-2-3-5-17(14)19/h2-11H,12-13H2,1H3,(H2,20,21,22)/b11-10+. The van der Waals surface area contributed by atoms with E-state index in [-0.39, 0.29) is 11.8 Å². The Morgan fingerprint density at radius 1 is 1.12 bits per heavy atom. The van der Waals surface area contributed by atoms with Gasteiger partial charge in [0.25, 0.3) is 0 Å². The summed E-state index contributed by atoms with van der Waals surface area (Å²) in [7, 11) is 1.60. The molecule has 0 bridgehead atoms. The SMILES string of the molecule is COc1ccc(OCCNC(=O)N/C=C/c2ccccc2F)cc1. The highest BCUT2D eigenvalue weighted by atomic mass is 19.1. The molecule has 6 heteroatoms. The molecule has 0 saturated heterocycles. The van der Waals surface area contributed by atoms with Crippen molar-refractivity contribution in [2.24, 2.45) is 0 Å². The number of urea groups is 1. The van der Waals surface area contributed by atoms with Crippen molar-refractivity contribution in [1.29, 1.82) is 0 Å². The molecule has 0 aromatic heterocycles. The van der Waals surface area contributed by atoms with Crippen LogP contribution in [0.15, 0.2) is 54.7 Å².